The van der Waals surface area contributed by atoms with Crippen molar-refractivity contribution in [2.24, 2.45) is 0 Å². The topological polar surface area (TPSA) is 74.8 Å². The van der Waals surface area contributed by atoms with E-state index in [1.807, 2.05) is 0 Å². The van der Waals surface area contributed by atoms with E-state index in [0.717, 1.165) is 38.5 Å². The largest absolute Gasteiger partial charge is 0.274 e. The third-order valence-corrected chi connectivity index (χ3v) is 12.5. The van der Waals surface area contributed by atoms with Crippen LogP contribution in [0.2, 0.25) is 0 Å². The molecule has 0 fully saturated rings. The Bertz CT molecular complexity index is 1320. The van der Waals surface area contributed by atoms with Crippen molar-refractivity contribution in [1.82, 2.24) is 9.80 Å². The van der Waals surface area contributed by atoms with E-state index in [2.05, 4.69) is 13.8 Å². The van der Waals surface area contributed by atoms with Gasteiger partial charge in [0, 0.05) is 46.1 Å². The Hall–Kier alpha value is -3.02. The number of hydrogen-bond donors (Lipinski definition) is 0. The molecule has 0 aliphatic carbocycles. The summed E-state index contributed by atoms with van der Waals surface area (Å²) in [6.07, 6.45) is 40.8. The van der Waals surface area contributed by atoms with Crippen LogP contribution in [-0.2, 0) is 0 Å². The highest BCUT2D eigenvalue weighted by atomic mass is 16.2. The zero-order valence-electron chi connectivity index (χ0n) is 35.9. The van der Waals surface area contributed by atoms with E-state index in [1.54, 1.807) is 24.3 Å². The van der Waals surface area contributed by atoms with E-state index in [4.69, 9.17) is 0 Å². The van der Waals surface area contributed by atoms with E-state index < -0.39 is 0 Å². The molecule has 0 atom stereocenters. The molecule has 0 bridgehead atoms. The van der Waals surface area contributed by atoms with Crippen molar-refractivity contribution in [3.05, 3.63) is 46.5 Å². The number of unbranched alkanes of at least 4 members (excludes halogenated alkanes) is 30. The van der Waals surface area contributed by atoms with Gasteiger partial charge in [-0.25, -0.2) is 0 Å². The van der Waals surface area contributed by atoms with Gasteiger partial charge < -0.3 is 0 Å². The Morgan fingerprint density at radius 2 is 0.464 bits per heavy atom. The van der Waals surface area contributed by atoms with Crippen molar-refractivity contribution >= 4 is 34.4 Å². The van der Waals surface area contributed by atoms with Crippen LogP contribution >= 0.6 is 0 Å². The van der Waals surface area contributed by atoms with Crippen LogP contribution in [0.5, 0.6) is 0 Å². The van der Waals surface area contributed by atoms with Crippen LogP contribution in [0.4, 0.5) is 0 Å². The Kier molecular flexibility index (Phi) is 21.9. The van der Waals surface area contributed by atoms with Crippen molar-refractivity contribution < 1.29 is 19.2 Å². The second-order valence-corrected chi connectivity index (χ2v) is 17.2. The monoisotopic (exact) mass is 771 g/mol. The molecule has 2 aromatic rings. The van der Waals surface area contributed by atoms with Crippen LogP contribution in [0.25, 0.3) is 10.8 Å². The third-order valence-electron chi connectivity index (χ3n) is 12.5. The fourth-order valence-electron chi connectivity index (χ4n) is 9.02. The maximum Gasteiger partial charge on any atom is 0.261 e. The molecule has 0 saturated carbocycles. The summed E-state index contributed by atoms with van der Waals surface area (Å²) < 4.78 is 0. The predicted octanol–water partition coefficient (Wildman–Crippen LogP) is 14.6. The first kappa shape index (κ1) is 45.7. The summed E-state index contributed by atoms with van der Waals surface area (Å²) >= 11 is 0. The van der Waals surface area contributed by atoms with Gasteiger partial charge in [-0.05, 0) is 37.1 Å². The summed E-state index contributed by atoms with van der Waals surface area (Å²) in [6.45, 7) is 5.33. The number of carbonyl (C=O) groups is 4. The van der Waals surface area contributed by atoms with Gasteiger partial charge in [0.05, 0.1) is 0 Å². The van der Waals surface area contributed by atoms with Crippen molar-refractivity contribution in [2.75, 3.05) is 13.1 Å². The van der Waals surface area contributed by atoms with E-state index in [1.165, 1.54) is 177 Å². The third kappa shape index (κ3) is 14.1. The number of carbonyl (C=O) groups excluding carboxylic acids is 4. The molecule has 2 aliphatic heterocycles. The van der Waals surface area contributed by atoms with E-state index >= 15 is 0 Å². The quantitative estimate of drug-likeness (QED) is 0.0525. The highest BCUT2D eigenvalue weighted by Crippen LogP contribution is 2.38. The van der Waals surface area contributed by atoms with Crippen LogP contribution in [0.1, 0.15) is 261 Å². The maximum absolute atomic E-state index is 13.7. The van der Waals surface area contributed by atoms with E-state index in [0.29, 0.717) is 46.1 Å². The Morgan fingerprint density at radius 3 is 0.661 bits per heavy atom. The maximum atomic E-state index is 13.7. The molecule has 4 amide bonds. The standard InChI is InChI=1S/C50H78N2O4/c1-3-5-7-9-11-13-15-17-19-21-23-25-27-29-31-33-39-51-47(53)41-35-37-43-46-44(38-36-42(45(41)46)48(51)54)50(56)52(49(43)55)40-34-32-30-28-26-24-22-20-18-16-14-12-10-8-6-4-2/h35-38H,3-34,39-40H2,1-2H3. The van der Waals surface area contributed by atoms with Crippen LogP contribution < -0.4 is 0 Å². The highest BCUT2D eigenvalue weighted by molar-refractivity contribution is 6.33. The van der Waals surface area contributed by atoms with Crippen molar-refractivity contribution in [1.29, 1.82) is 0 Å². The minimum Gasteiger partial charge on any atom is -0.274 e. The van der Waals surface area contributed by atoms with Gasteiger partial charge in [0.25, 0.3) is 23.6 Å². The average Bonchev–Trinajstić information content (AvgIpc) is 3.20. The summed E-state index contributed by atoms with van der Waals surface area (Å²) in [4.78, 5) is 57.4. The number of amides is 4. The lowest BCUT2D eigenvalue weighted by Crippen LogP contribution is -2.43. The summed E-state index contributed by atoms with van der Waals surface area (Å²) in [5.74, 6) is -1.27. The molecule has 0 unspecified atom stereocenters. The predicted molar refractivity (Wildman–Crippen MR) is 234 cm³/mol. The zero-order chi connectivity index (χ0) is 39.8. The molecule has 0 saturated heterocycles. The molecular formula is C50H78N2O4. The number of hydrogen-bond acceptors (Lipinski definition) is 4. The van der Waals surface area contributed by atoms with Crippen molar-refractivity contribution in [3.63, 3.8) is 0 Å². The Morgan fingerprint density at radius 1 is 0.286 bits per heavy atom. The Balaban J connectivity index is 1.11. The van der Waals surface area contributed by atoms with E-state index in [-0.39, 0.29) is 23.6 Å². The second-order valence-electron chi connectivity index (χ2n) is 17.2. The molecule has 2 aliphatic rings. The van der Waals surface area contributed by atoms with Gasteiger partial charge in [-0.2, -0.15) is 0 Å². The zero-order valence-corrected chi connectivity index (χ0v) is 35.9. The lowest BCUT2D eigenvalue weighted by molar-refractivity contribution is 0.0586. The smallest absolute Gasteiger partial charge is 0.261 e. The normalized spacial score (nSPS) is 13.9. The van der Waals surface area contributed by atoms with Gasteiger partial charge in [-0.1, -0.05) is 206 Å². The van der Waals surface area contributed by atoms with Gasteiger partial charge in [0.2, 0.25) is 0 Å². The van der Waals surface area contributed by atoms with Gasteiger partial charge in [-0.3, -0.25) is 29.0 Å². The molecule has 56 heavy (non-hydrogen) atoms. The van der Waals surface area contributed by atoms with Gasteiger partial charge in [0.15, 0.2) is 0 Å². The number of nitrogens with zero attached hydrogens (tertiary/aromatic N) is 2. The van der Waals surface area contributed by atoms with E-state index in [9.17, 15) is 19.2 Å². The second kappa shape index (κ2) is 26.8. The molecule has 0 N–H and O–H groups in total. The van der Waals surface area contributed by atoms with Gasteiger partial charge in [-0.15, -0.1) is 0 Å². The minimum atomic E-state index is -0.317. The molecule has 2 aromatic carbocycles. The molecule has 2 heterocycles. The molecule has 0 radical (unpaired) electrons. The fraction of sp³-hybridized carbons (Fsp3) is 0.720. The molecule has 0 spiro atoms. The number of rotatable bonds is 34. The molecule has 6 heteroatoms. The van der Waals surface area contributed by atoms with Gasteiger partial charge in [0.1, 0.15) is 0 Å². The van der Waals surface area contributed by atoms with Crippen LogP contribution in [-0.4, -0.2) is 46.5 Å². The first-order chi connectivity index (χ1) is 27.5. The molecule has 4 rings (SSSR count). The SMILES string of the molecule is CCCCCCCCCCCCCCCCCCN1C(=O)c2ccc3c4c(ccc(c24)C1=O)C(=O)N(CCCCCCCCCCCCCCCCCC)C3=O. The first-order valence-electron chi connectivity index (χ1n) is 23.8. The van der Waals surface area contributed by atoms with Crippen molar-refractivity contribution in [3.8, 4) is 0 Å². The summed E-state index contributed by atoms with van der Waals surface area (Å²) in [7, 11) is 0. The molecule has 312 valence electrons. The fourth-order valence-corrected chi connectivity index (χ4v) is 9.02. The van der Waals surface area contributed by atoms with Crippen molar-refractivity contribution in [2.45, 2.75) is 219 Å². The number of imide groups is 2. The molecule has 0 aromatic heterocycles. The lowest BCUT2D eigenvalue weighted by atomic mass is 9.86. The van der Waals surface area contributed by atoms with Gasteiger partial charge >= 0.3 is 0 Å². The van der Waals surface area contributed by atoms with Crippen LogP contribution in [0, 0.1) is 0 Å². The van der Waals surface area contributed by atoms with Crippen LogP contribution in [0.15, 0.2) is 24.3 Å². The summed E-state index contributed by atoms with van der Waals surface area (Å²) in [5, 5.41) is 0.948. The first-order valence-corrected chi connectivity index (χ1v) is 23.8. The molecule has 6 nitrogen and oxygen atoms in total. The summed E-state index contributed by atoms with van der Waals surface area (Å²) in [6, 6.07) is 6.78. The van der Waals surface area contributed by atoms with Crippen LogP contribution in [0.3, 0.4) is 0 Å². The molecular weight excluding hydrogens is 693 g/mol. The average molecular weight is 771 g/mol. The number of benzene rings is 2. The summed E-state index contributed by atoms with van der Waals surface area (Å²) in [5.41, 5.74) is 1.68. The minimum absolute atomic E-state index is 0.317. The lowest BCUT2D eigenvalue weighted by Gasteiger charge is -2.32. The Labute approximate surface area is 341 Å². The highest BCUT2D eigenvalue weighted by Gasteiger charge is 2.39.